The second-order valence-corrected chi connectivity index (χ2v) is 6.67. The van der Waals surface area contributed by atoms with Gasteiger partial charge in [0.25, 0.3) is 0 Å². The molecule has 156 valence electrons. The summed E-state index contributed by atoms with van der Waals surface area (Å²) in [5.41, 5.74) is 7.75. The number of nitrogens with two attached hydrogens (primary N) is 1. The number of carbonyl (C=O) groups is 4. The molecule has 2 unspecified atom stereocenters. The molecule has 10 nitrogen and oxygen atoms in total. The summed E-state index contributed by atoms with van der Waals surface area (Å²) < 4.78 is 0. The molecule has 1 heterocycles. The summed E-state index contributed by atoms with van der Waals surface area (Å²) >= 11 is 3.82. The Labute approximate surface area is 172 Å². The average Bonchev–Trinajstić information content (AvgIpc) is 3.11. The number of para-hydroxylation sites is 1. The van der Waals surface area contributed by atoms with E-state index in [0.717, 1.165) is 16.5 Å². The van der Waals surface area contributed by atoms with Crippen LogP contribution in [0.4, 0.5) is 0 Å². The molecule has 0 fully saturated rings. The number of aromatic amines is 1. The maximum atomic E-state index is 12.1. The number of nitrogens with one attached hydrogen (secondary N) is 4. The van der Waals surface area contributed by atoms with Crippen molar-refractivity contribution in [3.05, 3.63) is 36.0 Å². The van der Waals surface area contributed by atoms with Gasteiger partial charge < -0.3 is 31.8 Å². The third kappa shape index (κ3) is 6.50. The van der Waals surface area contributed by atoms with Crippen molar-refractivity contribution in [2.45, 2.75) is 18.5 Å². The summed E-state index contributed by atoms with van der Waals surface area (Å²) in [7, 11) is 0. The van der Waals surface area contributed by atoms with Crippen LogP contribution in [0.25, 0.3) is 10.9 Å². The molecule has 2 rings (SSSR count). The van der Waals surface area contributed by atoms with Crippen molar-refractivity contribution in [1.82, 2.24) is 20.9 Å². The number of hydrogen-bond donors (Lipinski definition) is 7. The van der Waals surface area contributed by atoms with Crippen LogP contribution in [0.1, 0.15) is 5.56 Å². The lowest BCUT2D eigenvalue weighted by atomic mass is 10.1. The zero-order chi connectivity index (χ0) is 21.4. The Hall–Kier alpha value is -3.05. The van der Waals surface area contributed by atoms with E-state index in [2.05, 4.69) is 33.6 Å². The monoisotopic (exact) mass is 421 g/mol. The first-order valence-electron chi connectivity index (χ1n) is 8.79. The topological polar surface area (TPSA) is 166 Å². The molecule has 11 heteroatoms. The number of carboxylic acids is 1. The number of amides is 3. The molecular weight excluding hydrogens is 398 g/mol. The first-order chi connectivity index (χ1) is 13.8. The van der Waals surface area contributed by atoms with Crippen LogP contribution in [0.5, 0.6) is 0 Å². The predicted molar refractivity (Wildman–Crippen MR) is 109 cm³/mol. The van der Waals surface area contributed by atoms with Crippen molar-refractivity contribution in [2.75, 3.05) is 18.8 Å². The number of fused-ring (bicyclic) bond motifs is 1. The predicted octanol–water partition coefficient (Wildman–Crippen LogP) is -1.23. The van der Waals surface area contributed by atoms with Crippen LogP contribution < -0.4 is 21.7 Å². The Morgan fingerprint density at radius 2 is 1.79 bits per heavy atom. The van der Waals surface area contributed by atoms with Gasteiger partial charge in [0.15, 0.2) is 0 Å². The molecule has 0 bridgehead atoms. The van der Waals surface area contributed by atoms with E-state index >= 15 is 0 Å². The summed E-state index contributed by atoms with van der Waals surface area (Å²) in [4.78, 5) is 49.4. The Kier molecular flexibility index (Phi) is 8.04. The minimum Gasteiger partial charge on any atom is -0.480 e. The fourth-order valence-electron chi connectivity index (χ4n) is 2.60. The number of aromatic nitrogens is 1. The summed E-state index contributed by atoms with van der Waals surface area (Å²) in [6.45, 7) is -0.781. The molecule has 0 spiro atoms. The van der Waals surface area contributed by atoms with E-state index in [1.807, 2.05) is 24.3 Å². The van der Waals surface area contributed by atoms with Crippen molar-refractivity contribution in [1.29, 1.82) is 0 Å². The third-order valence-electron chi connectivity index (χ3n) is 4.14. The second-order valence-electron chi connectivity index (χ2n) is 6.31. The van der Waals surface area contributed by atoms with Gasteiger partial charge in [-0.2, -0.15) is 12.6 Å². The zero-order valence-corrected chi connectivity index (χ0v) is 16.4. The molecule has 0 aliphatic heterocycles. The van der Waals surface area contributed by atoms with Gasteiger partial charge in [0.05, 0.1) is 19.1 Å². The first-order valence-corrected chi connectivity index (χ1v) is 9.43. The smallest absolute Gasteiger partial charge is 0.327 e. The summed E-state index contributed by atoms with van der Waals surface area (Å²) in [6, 6.07) is 5.63. The van der Waals surface area contributed by atoms with Gasteiger partial charge in [-0.05, 0) is 18.1 Å². The lowest BCUT2D eigenvalue weighted by molar-refractivity contribution is -0.141. The lowest BCUT2D eigenvalue weighted by Gasteiger charge is -2.13. The number of hydrogen-bond acceptors (Lipinski definition) is 6. The SMILES string of the molecule is NC(Cc1c[nH]c2ccccc12)C(=O)NCC(=O)NCC(=O)NC(CS)C(=O)O. The molecule has 0 radical (unpaired) electrons. The quantitative estimate of drug-likeness (QED) is 0.237. The van der Waals surface area contributed by atoms with Crippen molar-refractivity contribution in [2.24, 2.45) is 5.73 Å². The van der Waals surface area contributed by atoms with Crippen molar-refractivity contribution < 1.29 is 24.3 Å². The fraction of sp³-hybridized carbons (Fsp3) is 0.333. The lowest BCUT2D eigenvalue weighted by Crippen LogP contribution is -2.49. The number of aliphatic carboxylic acids is 1. The number of H-pyrrole nitrogens is 1. The molecule has 29 heavy (non-hydrogen) atoms. The van der Waals surface area contributed by atoms with Gasteiger partial charge in [0.2, 0.25) is 17.7 Å². The highest BCUT2D eigenvalue weighted by atomic mass is 32.1. The first kappa shape index (κ1) is 22.2. The molecule has 2 aromatic rings. The largest absolute Gasteiger partial charge is 0.480 e. The molecule has 7 N–H and O–H groups in total. The summed E-state index contributed by atoms with van der Waals surface area (Å²) in [5, 5.41) is 16.7. The highest BCUT2D eigenvalue weighted by molar-refractivity contribution is 7.80. The molecule has 2 atom stereocenters. The van der Waals surface area contributed by atoms with Gasteiger partial charge in [-0.25, -0.2) is 4.79 Å². The van der Waals surface area contributed by atoms with Crippen LogP contribution in [-0.2, 0) is 25.6 Å². The number of benzene rings is 1. The van der Waals surface area contributed by atoms with Gasteiger partial charge in [-0.15, -0.1) is 0 Å². The molecule has 0 aliphatic rings. The standard InChI is InChI=1S/C18H23N5O5S/c19-12(5-10-6-20-13-4-2-1-3-11(10)13)17(26)22-7-15(24)21-8-16(25)23-14(9-29)18(27)28/h1-4,6,12,14,20,29H,5,7-9,19H2,(H,21,24)(H,22,26)(H,23,25)(H,27,28). The van der Waals surface area contributed by atoms with Crippen LogP contribution in [0.15, 0.2) is 30.5 Å². The van der Waals surface area contributed by atoms with Crippen molar-refractivity contribution >= 4 is 47.2 Å². The van der Waals surface area contributed by atoms with Crippen LogP contribution in [0.3, 0.4) is 0 Å². The van der Waals surface area contributed by atoms with Crippen molar-refractivity contribution in [3.63, 3.8) is 0 Å². The van der Waals surface area contributed by atoms with E-state index in [9.17, 15) is 19.2 Å². The maximum absolute atomic E-state index is 12.1. The molecule has 1 aromatic carbocycles. The maximum Gasteiger partial charge on any atom is 0.327 e. The zero-order valence-electron chi connectivity index (χ0n) is 15.5. The Bertz CT molecular complexity index is 900. The highest BCUT2D eigenvalue weighted by Crippen LogP contribution is 2.18. The summed E-state index contributed by atoms with van der Waals surface area (Å²) in [6.07, 6.45) is 2.08. The minimum absolute atomic E-state index is 0.0839. The molecular formula is C18H23N5O5S. The van der Waals surface area contributed by atoms with Gasteiger partial charge in [-0.1, -0.05) is 18.2 Å². The Morgan fingerprint density at radius 1 is 1.10 bits per heavy atom. The van der Waals surface area contributed by atoms with Gasteiger partial charge >= 0.3 is 5.97 Å². The van der Waals surface area contributed by atoms with E-state index in [-0.39, 0.29) is 12.3 Å². The van der Waals surface area contributed by atoms with Crippen LogP contribution in [0, 0.1) is 0 Å². The third-order valence-corrected chi connectivity index (χ3v) is 4.50. The van der Waals surface area contributed by atoms with E-state index in [0.29, 0.717) is 6.42 Å². The van der Waals surface area contributed by atoms with E-state index < -0.39 is 42.3 Å². The Balaban J connectivity index is 1.74. The fourth-order valence-corrected chi connectivity index (χ4v) is 2.85. The normalized spacial score (nSPS) is 12.8. The number of rotatable bonds is 10. The van der Waals surface area contributed by atoms with Gasteiger partial charge in [0.1, 0.15) is 6.04 Å². The van der Waals surface area contributed by atoms with Crippen LogP contribution >= 0.6 is 12.6 Å². The van der Waals surface area contributed by atoms with E-state index in [1.54, 1.807) is 6.20 Å². The molecule has 3 amide bonds. The van der Waals surface area contributed by atoms with E-state index in [1.165, 1.54) is 0 Å². The molecule has 0 saturated heterocycles. The van der Waals surface area contributed by atoms with Gasteiger partial charge in [0, 0.05) is 22.9 Å². The van der Waals surface area contributed by atoms with Gasteiger partial charge in [-0.3, -0.25) is 14.4 Å². The average molecular weight is 421 g/mol. The minimum atomic E-state index is -1.23. The molecule has 1 aromatic heterocycles. The van der Waals surface area contributed by atoms with Crippen molar-refractivity contribution in [3.8, 4) is 0 Å². The number of carboxylic acid groups (broad SMARTS) is 1. The highest BCUT2D eigenvalue weighted by Gasteiger charge is 2.19. The second kappa shape index (κ2) is 10.5. The Morgan fingerprint density at radius 3 is 2.48 bits per heavy atom. The van der Waals surface area contributed by atoms with Crippen LogP contribution in [-0.4, -0.2) is 64.7 Å². The van der Waals surface area contributed by atoms with E-state index in [4.69, 9.17) is 10.8 Å². The molecule has 0 saturated carbocycles. The molecule has 0 aliphatic carbocycles. The number of thiol groups is 1. The van der Waals surface area contributed by atoms with Crippen LogP contribution in [0.2, 0.25) is 0 Å². The summed E-state index contributed by atoms with van der Waals surface area (Å²) in [5.74, 6) is -3.10. The number of carbonyl (C=O) groups excluding carboxylic acids is 3.